The van der Waals surface area contributed by atoms with Gasteiger partial charge in [0.2, 0.25) is 6.41 Å². The van der Waals surface area contributed by atoms with Crippen molar-refractivity contribution < 1.29 is 14.3 Å². The summed E-state index contributed by atoms with van der Waals surface area (Å²) in [5, 5.41) is 2.71. The van der Waals surface area contributed by atoms with Crippen LogP contribution in [0.3, 0.4) is 0 Å². The summed E-state index contributed by atoms with van der Waals surface area (Å²) in [5.41, 5.74) is 6.30. The van der Waals surface area contributed by atoms with Gasteiger partial charge in [0, 0.05) is 18.5 Å². The molecule has 6 heteroatoms. The Labute approximate surface area is 125 Å². The predicted octanol–water partition coefficient (Wildman–Crippen LogP) is 1.36. The van der Waals surface area contributed by atoms with Gasteiger partial charge in [-0.05, 0) is 25.2 Å². The van der Waals surface area contributed by atoms with Crippen LogP contribution in [-0.4, -0.2) is 42.3 Å². The second-order valence-electron chi connectivity index (χ2n) is 6.03. The zero-order chi connectivity index (χ0) is 15.3. The van der Waals surface area contributed by atoms with E-state index in [1.165, 1.54) is 18.9 Å². The van der Waals surface area contributed by atoms with Gasteiger partial charge in [0.1, 0.15) is 12.8 Å². The average Bonchev–Trinajstić information content (AvgIpc) is 3.00. The van der Waals surface area contributed by atoms with Crippen LogP contribution in [0.2, 0.25) is 0 Å². The zero-order valence-corrected chi connectivity index (χ0v) is 12.4. The van der Waals surface area contributed by atoms with Crippen LogP contribution in [0.25, 0.3) is 0 Å². The van der Waals surface area contributed by atoms with Crippen molar-refractivity contribution in [3.8, 4) is 0 Å². The zero-order valence-electron chi connectivity index (χ0n) is 12.4. The van der Waals surface area contributed by atoms with E-state index in [9.17, 15) is 9.59 Å². The molecule has 1 aliphatic carbocycles. The van der Waals surface area contributed by atoms with Crippen molar-refractivity contribution >= 4 is 12.5 Å². The molecule has 118 valence electrons. The molecule has 3 N–H and O–H groups in total. The van der Waals surface area contributed by atoms with Crippen LogP contribution < -0.4 is 11.1 Å². The number of ether oxygens (including phenoxy) is 1. The fraction of sp³-hybridized carbons (Fsp3) is 0.733. The van der Waals surface area contributed by atoms with Gasteiger partial charge in [-0.3, -0.25) is 9.69 Å². The molecule has 1 saturated heterocycles. The monoisotopic (exact) mass is 295 g/mol. The molecule has 0 bridgehead atoms. The minimum atomic E-state index is -0.428. The summed E-state index contributed by atoms with van der Waals surface area (Å²) in [5.74, 6) is 0.486. The standard InChI is InChI=1S/C15H25N3O3/c1-2-9-21-14(20)18-8-7-15(16,10-13(18)17-11-19)12-5-3-4-6-12/h2,11-13H,1,3-10,16H2,(H,17,19). The maximum absolute atomic E-state index is 12.0. The number of nitrogens with two attached hydrogens (primary N) is 1. The number of hydrogen-bond acceptors (Lipinski definition) is 4. The molecule has 2 rings (SSSR count). The fourth-order valence-corrected chi connectivity index (χ4v) is 3.59. The van der Waals surface area contributed by atoms with E-state index in [0.717, 1.165) is 19.3 Å². The molecule has 2 fully saturated rings. The molecule has 0 aromatic rings. The normalized spacial score (nSPS) is 30.0. The first-order valence-electron chi connectivity index (χ1n) is 7.63. The van der Waals surface area contributed by atoms with E-state index in [1.54, 1.807) is 4.90 Å². The fourth-order valence-electron chi connectivity index (χ4n) is 3.59. The second kappa shape index (κ2) is 6.93. The molecule has 2 atom stereocenters. The van der Waals surface area contributed by atoms with Gasteiger partial charge in [0.25, 0.3) is 0 Å². The molecule has 21 heavy (non-hydrogen) atoms. The van der Waals surface area contributed by atoms with Gasteiger partial charge in [-0.15, -0.1) is 0 Å². The molecule has 0 spiro atoms. The van der Waals surface area contributed by atoms with Gasteiger partial charge in [-0.2, -0.15) is 0 Å². The molecule has 0 aromatic heterocycles. The van der Waals surface area contributed by atoms with Crippen molar-refractivity contribution in [1.82, 2.24) is 10.2 Å². The van der Waals surface area contributed by atoms with Gasteiger partial charge >= 0.3 is 6.09 Å². The SMILES string of the molecule is C=CCOC(=O)N1CCC(N)(C2CCCC2)CC1NC=O. The van der Waals surface area contributed by atoms with Gasteiger partial charge < -0.3 is 15.8 Å². The molecule has 0 radical (unpaired) electrons. The summed E-state index contributed by atoms with van der Waals surface area (Å²) >= 11 is 0. The number of rotatable bonds is 5. The van der Waals surface area contributed by atoms with Crippen molar-refractivity contribution in [3.63, 3.8) is 0 Å². The number of nitrogens with one attached hydrogen (secondary N) is 1. The van der Waals surface area contributed by atoms with E-state index in [4.69, 9.17) is 10.5 Å². The summed E-state index contributed by atoms with van der Waals surface area (Å²) in [4.78, 5) is 24.4. The third-order valence-electron chi connectivity index (χ3n) is 4.76. The molecular weight excluding hydrogens is 270 g/mol. The highest BCUT2D eigenvalue weighted by Gasteiger charge is 2.44. The van der Waals surface area contributed by atoms with Gasteiger partial charge in [-0.25, -0.2) is 4.79 Å². The molecular formula is C15H25N3O3. The first-order valence-corrected chi connectivity index (χ1v) is 7.63. The highest BCUT2D eigenvalue weighted by molar-refractivity contribution is 5.69. The highest BCUT2D eigenvalue weighted by atomic mass is 16.6. The van der Waals surface area contributed by atoms with Crippen LogP contribution in [0.15, 0.2) is 12.7 Å². The van der Waals surface area contributed by atoms with Crippen molar-refractivity contribution in [3.05, 3.63) is 12.7 Å². The number of carbonyl (C=O) groups excluding carboxylic acids is 2. The number of amides is 2. The van der Waals surface area contributed by atoms with Gasteiger partial charge in [-0.1, -0.05) is 25.5 Å². The third-order valence-corrected chi connectivity index (χ3v) is 4.76. The molecule has 2 unspecified atom stereocenters. The molecule has 1 heterocycles. The Hall–Kier alpha value is -1.56. The van der Waals surface area contributed by atoms with E-state index in [2.05, 4.69) is 11.9 Å². The molecule has 2 amide bonds. The lowest BCUT2D eigenvalue weighted by Gasteiger charge is -2.46. The van der Waals surface area contributed by atoms with Crippen LogP contribution in [0.1, 0.15) is 38.5 Å². The minimum Gasteiger partial charge on any atom is -0.445 e. The Morgan fingerprint density at radius 2 is 2.19 bits per heavy atom. The molecule has 1 saturated carbocycles. The molecule has 1 aliphatic heterocycles. The summed E-state index contributed by atoms with van der Waals surface area (Å²) < 4.78 is 5.07. The number of likely N-dealkylation sites (tertiary alicyclic amines) is 1. The van der Waals surface area contributed by atoms with Crippen LogP contribution in [0.4, 0.5) is 4.79 Å². The molecule has 2 aliphatic rings. The van der Waals surface area contributed by atoms with Crippen LogP contribution in [-0.2, 0) is 9.53 Å². The molecule has 0 aromatic carbocycles. The predicted molar refractivity (Wildman–Crippen MR) is 79.3 cm³/mol. The summed E-state index contributed by atoms with van der Waals surface area (Å²) in [6, 6.07) is 0. The van der Waals surface area contributed by atoms with Crippen molar-refractivity contribution in [2.45, 2.75) is 50.2 Å². The summed E-state index contributed by atoms with van der Waals surface area (Å²) in [6.07, 6.45) is 7.39. The lowest BCUT2D eigenvalue weighted by molar-refractivity contribution is -0.111. The number of carbonyl (C=O) groups is 2. The number of hydrogen-bond donors (Lipinski definition) is 2. The number of piperidine rings is 1. The average molecular weight is 295 g/mol. The smallest absolute Gasteiger partial charge is 0.411 e. The Kier molecular flexibility index (Phi) is 5.22. The van der Waals surface area contributed by atoms with E-state index in [1.807, 2.05) is 0 Å². The maximum atomic E-state index is 12.0. The van der Waals surface area contributed by atoms with E-state index in [-0.39, 0.29) is 18.3 Å². The van der Waals surface area contributed by atoms with E-state index in [0.29, 0.717) is 25.3 Å². The Balaban J connectivity index is 2.04. The third kappa shape index (κ3) is 3.56. The highest BCUT2D eigenvalue weighted by Crippen LogP contribution is 2.39. The quantitative estimate of drug-likeness (QED) is 0.592. The Morgan fingerprint density at radius 3 is 2.81 bits per heavy atom. The van der Waals surface area contributed by atoms with Gasteiger partial charge in [0.15, 0.2) is 0 Å². The lowest BCUT2D eigenvalue weighted by Crippen LogP contribution is -2.63. The Bertz CT molecular complexity index is 396. The first-order chi connectivity index (χ1) is 10.1. The summed E-state index contributed by atoms with van der Waals surface area (Å²) in [6.45, 7) is 4.20. The Morgan fingerprint density at radius 1 is 1.48 bits per heavy atom. The van der Waals surface area contributed by atoms with Crippen molar-refractivity contribution in [1.29, 1.82) is 0 Å². The minimum absolute atomic E-state index is 0.166. The number of nitrogens with zero attached hydrogens (tertiary/aromatic N) is 1. The van der Waals surface area contributed by atoms with Crippen molar-refractivity contribution in [2.75, 3.05) is 13.2 Å². The maximum Gasteiger partial charge on any atom is 0.411 e. The van der Waals surface area contributed by atoms with Crippen LogP contribution in [0.5, 0.6) is 0 Å². The summed E-state index contributed by atoms with van der Waals surface area (Å²) in [7, 11) is 0. The largest absolute Gasteiger partial charge is 0.445 e. The van der Waals surface area contributed by atoms with Gasteiger partial charge in [0.05, 0.1) is 0 Å². The molecule has 6 nitrogen and oxygen atoms in total. The van der Waals surface area contributed by atoms with E-state index < -0.39 is 6.09 Å². The van der Waals surface area contributed by atoms with Crippen molar-refractivity contribution in [2.24, 2.45) is 11.7 Å². The first kappa shape index (κ1) is 15.8. The van der Waals surface area contributed by atoms with Crippen LogP contribution in [0, 0.1) is 5.92 Å². The lowest BCUT2D eigenvalue weighted by atomic mass is 9.75. The second-order valence-corrected chi connectivity index (χ2v) is 6.03. The topological polar surface area (TPSA) is 84.7 Å². The van der Waals surface area contributed by atoms with Crippen LogP contribution >= 0.6 is 0 Å². The van der Waals surface area contributed by atoms with E-state index >= 15 is 0 Å².